The molecule has 2 N–H and O–H groups in total. The number of carboxylic acids is 1. The molecule has 1 aliphatic rings. The van der Waals surface area contributed by atoms with Gasteiger partial charge in [0.2, 0.25) is 5.91 Å². The molecule has 0 spiro atoms. The summed E-state index contributed by atoms with van der Waals surface area (Å²) in [4.78, 5) is 23.3. The average molecular weight is 318 g/mol. The summed E-state index contributed by atoms with van der Waals surface area (Å²) < 4.78 is 5.07. The standard InChI is InChI=1S/C13H13Cl2NO4/c14-9-2-1-3-10(15)8(9)6-11(17)16-13(12(18)19)4-5-20-7-13/h1-3H,4-7H2,(H,16,17)(H,18,19). The fourth-order valence-electron chi connectivity index (χ4n) is 2.06. The molecule has 1 atom stereocenters. The van der Waals surface area contributed by atoms with Crippen LogP contribution >= 0.6 is 23.2 Å². The van der Waals surface area contributed by atoms with Gasteiger partial charge in [-0.15, -0.1) is 0 Å². The van der Waals surface area contributed by atoms with Crippen molar-refractivity contribution in [3.05, 3.63) is 33.8 Å². The van der Waals surface area contributed by atoms with E-state index < -0.39 is 17.4 Å². The summed E-state index contributed by atoms with van der Waals surface area (Å²) in [6.07, 6.45) is 0.165. The number of hydrogen-bond donors (Lipinski definition) is 2. The summed E-state index contributed by atoms with van der Waals surface area (Å²) in [7, 11) is 0. The van der Waals surface area contributed by atoms with Crippen LogP contribution in [0.1, 0.15) is 12.0 Å². The lowest BCUT2D eigenvalue weighted by Crippen LogP contribution is -2.55. The Hall–Kier alpha value is -1.30. The van der Waals surface area contributed by atoms with Crippen molar-refractivity contribution in [3.8, 4) is 0 Å². The number of halogens is 2. The zero-order chi connectivity index (χ0) is 14.8. The van der Waals surface area contributed by atoms with E-state index in [1.807, 2.05) is 0 Å². The Morgan fingerprint density at radius 2 is 2.00 bits per heavy atom. The molecule has 1 heterocycles. The van der Waals surface area contributed by atoms with Crippen LogP contribution < -0.4 is 5.32 Å². The Labute approximate surface area is 125 Å². The number of nitrogens with one attached hydrogen (secondary N) is 1. The lowest BCUT2D eigenvalue weighted by molar-refractivity contribution is -0.147. The second-order valence-corrected chi connectivity index (χ2v) is 5.43. The van der Waals surface area contributed by atoms with E-state index in [9.17, 15) is 14.7 Å². The molecule has 1 saturated heterocycles. The number of rotatable bonds is 4. The average Bonchev–Trinajstić information content (AvgIpc) is 2.84. The lowest BCUT2D eigenvalue weighted by atomic mass is 9.98. The van der Waals surface area contributed by atoms with Crippen LogP contribution in [0, 0.1) is 0 Å². The molecule has 7 heteroatoms. The molecule has 1 fully saturated rings. The summed E-state index contributed by atoms with van der Waals surface area (Å²) >= 11 is 12.0. The number of carbonyl (C=O) groups excluding carboxylic acids is 1. The fraction of sp³-hybridized carbons (Fsp3) is 0.385. The molecular weight excluding hydrogens is 305 g/mol. The first kappa shape index (κ1) is 15.1. The van der Waals surface area contributed by atoms with Crippen LogP contribution in [-0.2, 0) is 20.7 Å². The first-order valence-corrected chi connectivity index (χ1v) is 6.75. The normalized spacial score (nSPS) is 21.7. The SMILES string of the molecule is O=C(Cc1c(Cl)cccc1Cl)NC1(C(=O)O)CCOC1. The number of benzene rings is 1. The maximum absolute atomic E-state index is 12.0. The van der Waals surface area contributed by atoms with Crippen LogP contribution in [0.2, 0.25) is 10.0 Å². The lowest BCUT2D eigenvalue weighted by Gasteiger charge is -2.23. The quantitative estimate of drug-likeness (QED) is 0.889. The van der Waals surface area contributed by atoms with Crippen LogP contribution in [0.3, 0.4) is 0 Å². The molecule has 1 aromatic carbocycles. The fourth-order valence-corrected chi connectivity index (χ4v) is 2.59. The molecule has 20 heavy (non-hydrogen) atoms. The van der Waals surface area contributed by atoms with Crippen LogP contribution in [0.5, 0.6) is 0 Å². The van der Waals surface area contributed by atoms with E-state index in [0.29, 0.717) is 22.2 Å². The van der Waals surface area contributed by atoms with E-state index in [2.05, 4.69) is 5.32 Å². The van der Waals surface area contributed by atoms with Gasteiger partial charge in [-0.05, 0) is 17.7 Å². The van der Waals surface area contributed by atoms with Crippen LogP contribution in [0.15, 0.2) is 18.2 Å². The Balaban J connectivity index is 2.11. The Bertz CT molecular complexity index is 521. The minimum absolute atomic E-state index is 0.0374. The van der Waals surface area contributed by atoms with Crippen molar-refractivity contribution in [2.45, 2.75) is 18.4 Å². The summed E-state index contributed by atoms with van der Waals surface area (Å²) in [6.45, 7) is 0.268. The third kappa shape index (κ3) is 3.06. The molecule has 1 unspecified atom stereocenters. The van der Waals surface area contributed by atoms with Crippen LogP contribution in [-0.4, -0.2) is 35.7 Å². The summed E-state index contributed by atoms with van der Waals surface area (Å²) in [5, 5.41) is 12.5. The van der Waals surface area contributed by atoms with Gasteiger partial charge in [-0.2, -0.15) is 0 Å². The molecule has 0 aliphatic carbocycles. The van der Waals surface area contributed by atoms with Gasteiger partial charge in [0.25, 0.3) is 0 Å². The summed E-state index contributed by atoms with van der Waals surface area (Å²) in [5.74, 6) is -1.55. The minimum Gasteiger partial charge on any atom is -0.479 e. The second-order valence-electron chi connectivity index (χ2n) is 4.62. The van der Waals surface area contributed by atoms with Gasteiger partial charge in [0.05, 0.1) is 13.0 Å². The van der Waals surface area contributed by atoms with Crippen molar-refractivity contribution >= 4 is 35.1 Å². The Kier molecular flexibility index (Phi) is 4.52. The van der Waals surface area contributed by atoms with Gasteiger partial charge < -0.3 is 15.2 Å². The van der Waals surface area contributed by atoms with Crippen LogP contribution in [0.4, 0.5) is 0 Å². The van der Waals surface area contributed by atoms with Crippen molar-refractivity contribution in [3.63, 3.8) is 0 Å². The van der Waals surface area contributed by atoms with E-state index >= 15 is 0 Å². The van der Waals surface area contributed by atoms with Gasteiger partial charge >= 0.3 is 5.97 Å². The number of carboxylic acid groups (broad SMARTS) is 1. The molecule has 0 saturated carbocycles. The molecule has 2 rings (SSSR count). The van der Waals surface area contributed by atoms with E-state index in [0.717, 1.165) is 0 Å². The number of hydrogen-bond acceptors (Lipinski definition) is 3. The van der Waals surface area contributed by atoms with Crippen LogP contribution in [0.25, 0.3) is 0 Å². The number of carbonyl (C=O) groups is 2. The molecule has 1 amide bonds. The van der Waals surface area contributed by atoms with Crippen molar-refractivity contribution in [1.29, 1.82) is 0 Å². The molecule has 1 aromatic rings. The molecule has 5 nitrogen and oxygen atoms in total. The zero-order valence-electron chi connectivity index (χ0n) is 10.5. The van der Waals surface area contributed by atoms with E-state index in [1.54, 1.807) is 18.2 Å². The number of ether oxygens (including phenoxy) is 1. The number of aliphatic carboxylic acids is 1. The molecule has 0 aromatic heterocycles. The summed E-state index contributed by atoms with van der Waals surface area (Å²) in [6, 6.07) is 4.93. The molecule has 1 aliphatic heterocycles. The number of amides is 1. The minimum atomic E-state index is -1.36. The molecule has 108 valence electrons. The third-order valence-electron chi connectivity index (χ3n) is 3.21. The van der Waals surface area contributed by atoms with Crippen molar-refractivity contribution < 1.29 is 19.4 Å². The van der Waals surface area contributed by atoms with Gasteiger partial charge in [0.1, 0.15) is 0 Å². The highest BCUT2D eigenvalue weighted by Gasteiger charge is 2.43. The zero-order valence-corrected chi connectivity index (χ0v) is 12.0. The van der Waals surface area contributed by atoms with Gasteiger partial charge in [0.15, 0.2) is 5.54 Å². The third-order valence-corrected chi connectivity index (χ3v) is 3.92. The van der Waals surface area contributed by atoms with Crippen molar-refractivity contribution in [2.24, 2.45) is 0 Å². The Morgan fingerprint density at radius 1 is 1.35 bits per heavy atom. The van der Waals surface area contributed by atoms with Crippen molar-refractivity contribution in [1.82, 2.24) is 5.32 Å². The molecule has 0 radical (unpaired) electrons. The smallest absolute Gasteiger partial charge is 0.331 e. The van der Waals surface area contributed by atoms with E-state index in [1.165, 1.54) is 0 Å². The first-order valence-electron chi connectivity index (χ1n) is 6.00. The first-order chi connectivity index (χ1) is 9.44. The van der Waals surface area contributed by atoms with Gasteiger partial charge in [-0.3, -0.25) is 4.79 Å². The molecular formula is C13H13Cl2NO4. The van der Waals surface area contributed by atoms with E-state index in [-0.39, 0.29) is 19.4 Å². The topological polar surface area (TPSA) is 75.6 Å². The van der Waals surface area contributed by atoms with Crippen molar-refractivity contribution in [2.75, 3.05) is 13.2 Å². The largest absolute Gasteiger partial charge is 0.479 e. The predicted molar refractivity (Wildman–Crippen MR) is 74.1 cm³/mol. The second kappa shape index (κ2) is 5.99. The van der Waals surface area contributed by atoms with Gasteiger partial charge in [-0.25, -0.2) is 4.79 Å². The summed E-state index contributed by atoms with van der Waals surface area (Å²) in [5.41, 5.74) is -0.877. The highest BCUT2D eigenvalue weighted by molar-refractivity contribution is 6.36. The Morgan fingerprint density at radius 3 is 2.50 bits per heavy atom. The molecule has 0 bridgehead atoms. The maximum Gasteiger partial charge on any atom is 0.331 e. The monoisotopic (exact) mass is 317 g/mol. The predicted octanol–water partition coefficient (Wildman–Crippen LogP) is 1.90. The van der Waals surface area contributed by atoms with Gasteiger partial charge in [-0.1, -0.05) is 29.3 Å². The maximum atomic E-state index is 12.0. The highest BCUT2D eigenvalue weighted by atomic mass is 35.5. The van der Waals surface area contributed by atoms with E-state index in [4.69, 9.17) is 27.9 Å². The highest BCUT2D eigenvalue weighted by Crippen LogP contribution is 2.25. The van der Waals surface area contributed by atoms with Gasteiger partial charge in [0, 0.05) is 23.1 Å².